The highest BCUT2D eigenvalue weighted by atomic mass is 16.8. The molecule has 8 aromatic carbocycles. The standard InChI is InChI=1S/8C9H10O2.2C4H10.2C3H8.C2H6.CH4/c3*1-7-4-2-3-5-8(7)11-9-6-10-9;5*1-2-4-8(5-3-1)10-6-9-7-11-9;2*1-4(2)3;2*1-3-2;1-2;/h3*2-5,9H,6H2,1H3;5*1-5,9H,6-7H2;2*4H,1-3H3;2*3H2,1-2H3;1-2H3;1H4. The van der Waals surface area contributed by atoms with Crippen molar-refractivity contribution in [2.24, 2.45) is 11.8 Å². The Morgan fingerprint density at radius 2 is 0.410 bits per heavy atom. The number of hydrogen-bond donors (Lipinski definition) is 0. The number of benzene rings is 8. The Bertz CT molecular complexity index is 2820. The van der Waals surface area contributed by atoms with Crippen LogP contribution in [0.1, 0.15) is 120 Å². The minimum absolute atomic E-state index is 0. The van der Waals surface area contributed by atoms with Crippen molar-refractivity contribution in [3.63, 3.8) is 0 Å². The van der Waals surface area contributed by atoms with Gasteiger partial charge in [-0.2, -0.15) is 0 Å². The van der Waals surface area contributed by atoms with Gasteiger partial charge in [0.1, 0.15) is 129 Å². The van der Waals surface area contributed by atoms with Crippen LogP contribution in [0.4, 0.5) is 0 Å². The average Bonchev–Trinajstić information content (AvgIpc) is 1.77. The molecule has 0 amide bonds. The van der Waals surface area contributed by atoms with Crippen molar-refractivity contribution < 1.29 is 75.8 Å². The van der Waals surface area contributed by atoms with Crippen LogP contribution in [0, 0.1) is 32.6 Å². The first-order valence-electron chi connectivity index (χ1n) is 37.1. The van der Waals surface area contributed by atoms with Crippen LogP contribution in [-0.2, 0) is 37.9 Å². The Hall–Kier alpha value is -8.16. The van der Waals surface area contributed by atoms with Crippen LogP contribution in [-0.4, -0.2) is 135 Å². The quantitative estimate of drug-likeness (QED) is 0.0621. The summed E-state index contributed by atoms with van der Waals surface area (Å²) in [6.07, 6.45) is 4.24. The molecule has 8 saturated heterocycles. The second-order valence-corrected chi connectivity index (χ2v) is 25.7. The Kier molecular flexibility index (Phi) is 49.5. The first-order valence-corrected chi connectivity index (χ1v) is 37.1. The predicted octanol–water partition coefficient (Wildman–Crippen LogP) is 20.3. The second-order valence-electron chi connectivity index (χ2n) is 25.7. The molecule has 105 heavy (non-hydrogen) atoms. The molecule has 8 aliphatic heterocycles. The smallest absolute Gasteiger partial charge is 0.223 e. The monoisotopic (exact) mass is 1450 g/mol. The van der Waals surface area contributed by atoms with E-state index >= 15 is 0 Å². The van der Waals surface area contributed by atoms with E-state index in [-0.39, 0.29) is 26.3 Å². The topological polar surface area (TPSA) is 174 Å². The van der Waals surface area contributed by atoms with Crippen molar-refractivity contribution in [3.05, 3.63) is 241 Å². The summed E-state index contributed by atoms with van der Waals surface area (Å²) in [7, 11) is 0. The van der Waals surface area contributed by atoms with Crippen molar-refractivity contribution >= 4 is 0 Å². The van der Waals surface area contributed by atoms with Gasteiger partial charge in [-0.25, -0.2) is 0 Å². The summed E-state index contributed by atoms with van der Waals surface area (Å²) in [6.45, 7) is 41.5. The molecule has 0 aliphatic carbocycles. The molecule has 16 heteroatoms. The fourth-order valence-corrected chi connectivity index (χ4v) is 7.16. The lowest BCUT2D eigenvalue weighted by molar-refractivity contribution is 0.178. The number of epoxide rings is 8. The molecule has 8 atom stereocenters. The van der Waals surface area contributed by atoms with Crippen LogP contribution in [0.2, 0.25) is 0 Å². The van der Waals surface area contributed by atoms with Gasteiger partial charge in [0.15, 0.2) is 0 Å². The zero-order valence-corrected chi connectivity index (χ0v) is 64.8. The average molecular weight is 1450 g/mol. The molecule has 0 bridgehead atoms. The van der Waals surface area contributed by atoms with Crippen LogP contribution in [0.5, 0.6) is 46.0 Å². The van der Waals surface area contributed by atoms with Gasteiger partial charge in [-0.3, -0.25) is 0 Å². The Morgan fingerprint density at radius 3 is 0.543 bits per heavy atom. The molecule has 0 saturated carbocycles. The lowest BCUT2D eigenvalue weighted by atomic mass is 10.2. The van der Waals surface area contributed by atoms with Crippen molar-refractivity contribution in [2.75, 3.05) is 85.9 Å². The van der Waals surface area contributed by atoms with E-state index < -0.39 is 0 Å². The molecule has 578 valence electrons. The summed E-state index contributed by atoms with van der Waals surface area (Å²) in [6, 6.07) is 72.8. The largest absolute Gasteiger partial charge is 0.491 e. The van der Waals surface area contributed by atoms with Crippen LogP contribution in [0.3, 0.4) is 0 Å². The molecule has 16 rings (SSSR count). The van der Waals surface area contributed by atoms with Gasteiger partial charge in [-0.15, -0.1) is 0 Å². The van der Waals surface area contributed by atoms with E-state index in [2.05, 4.69) is 69.2 Å². The maximum absolute atomic E-state index is 5.43. The summed E-state index contributed by atoms with van der Waals surface area (Å²) in [4.78, 5) is 0. The number of aryl methyl sites for hydroxylation is 3. The molecular formula is C89H126O16. The maximum Gasteiger partial charge on any atom is 0.223 e. The van der Waals surface area contributed by atoms with Gasteiger partial charge in [0.25, 0.3) is 0 Å². The molecule has 0 N–H and O–H groups in total. The van der Waals surface area contributed by atoms with E-state index in [4.69, 9.17) is 75.8 Å². The summed E-state index contributed by atoms with van der Waals surface area (Å²) in [5, 5.41) is 0. The maximum atomic E-state index is 5.43. The second kappa shape index (κ2) is 57.1. The zero-order chi connectivity index (χ0) is 75.2. The van der Waals surface area contributed by atoms with Crippen molar-refractivity contribution in [2.45, 2.75) is 174 Å². The van der Waals surface area contributed by atoms with Crippen LogP contribution >= 0.6 is 0 Å². The Balaban J connectivity index is 0.000000302. The molecule has 8 aliphatic rings. The van der Waals surface area contributed by atoms with Crippen molar-refractivity contribution in [3.8, 4) is 46.0 Å². The minimum atomic E-state index is 0. The highest BCUT2D eigenvalue weighted by molar-refractivity contribution is 5.34. The first kappa shape index (κ1) is 91.1. The molecule has 0 radical (unpaired) electrons. The van der Waals surface area contributed by atoms with E-state index in [1.165, 1.54) is 12.8 Å². The molecule has 0 spiro atoms. The molecular weight excluding hydrogens is 1320 g/mol. The van der Waals surface area contributed by atoms with Crippen LogP contribution in [0.15, 0.2) is 224 Å². The number of para-hydroxylation sites is 8. The third-order valence-electron chi connectivity index (χ3n) is 12.9. The minimum Gasteiger partial charge on any atom is -0.491 e. The van der Waals surface area contributed by atoms with Gasteiger partial charge in [0, 0.05) is 0 Å². The van der Waals surface area contributed by atoms with E-state index in [0.29, 0.717) is 63.6 Å². The van der Waals surface area contributed by atoms with Gasteiger partial charge < -0.3 is 75.8 Å². The molecule has 16 nitrogen and oxygen atoms in total. The lowest BCUT2D eigenvalue weighted by Crippen LogP contribution is -2.03. The Labute approximate surface area is 631 Å². The first-order chi connectivity index (χ1) is 50.6. The van der Waals surface area contributed by atoms with Crippen molar-refractivity contribution in [1.82, 2.24) is 0 Å². The molecule has 8 fully saturated rings. The third-order valence-corrected chi connectivity index (χ3v) is 12.9. The van der Waals surface area contributed by atoms with E-state index in [1.807, 2.05) is 259 Å². The Morgan fingerprint density at radius 1 is 0.267 bits per heavy atom. The lowest BCUT2D eigenvalue weighted by Gasteiger charge is -2.04. The van der Waals surface area contributed by atoms with Crippen molar-refractivity contribution in [1.29, 1.82) is 0 Å². The van der Waals surface area contributed by atoms with Gasteiger partial charge >= 0.3 is 0 Å². The van der Waals surface area contributed by atoms with Crippen LogP contribution in [0.25, 0.3) is 0 Å². The zero-order valence-electron chi connectivity index (χ0n) is 64.8. The van der Waals surface area contributed by atoms with E-state index in [1.54, 1.807) is 0 Å². The summed E-state index contributed by atoms with van der Waals surface area (Å²) >= 11 is 0. The van der Waals surface area contributed by atoms with E-state index in [9.17, 15) is 0 Å². The van der Waals surface area contributed by atoms with Gasteiger partial charge in [-0.05, 0) is 128 Å². The number of rotatable bonds is 21. The normalized spacial score (nSPS) is 18.9. The number of ether oxygens (including phenoxy) is 16. The predicted molar refractivity (Wildman–Crippen MR) is 424 cm³/mol. The third kappa shape index (κ3) is 53.3. The van der Waals surface area contributed by atoms with Gasteiger partial charge in [0.2, 0.25) is 18.9 Å². The molecule has 0 aromatic heterocycles. The van der Waals surface area contributed by atoms with E-state index in [0.717, 1.165) is 127 Å². The van der Waals surface area contributed by atoms with Gasteiger partial charge in [-0.1, -0.05) is 249 Å². The molecule has 8 aromatic rings. The SMILES string of the molecule is C.CC.CC(C)C.CC(C)C.CCC.CCC.Cc1ccccc1OC1CO1.Cc1ccccc1OC1CO1.Cc1ccccc1OC1CO1.c1ccc(OCC2CO2)cc1.c1ccc(OCC2CO2)cc1.c1ccc(OCC2CO2)cc1.c1ccc(OCC2CO2)cc1.c1ccc(OCC2CO2)cc1. The summed E-state index contributed by atoms with van der Waals surface area (Å²) < 4.78 is 83.2. The highest BCUT2D eigenvalue weighted by Crippen LogP contribution is 2.25. The molecule has 8 heterocycles. The summed E-state index contributed by atoms with van der Waals surface area (Å²) in [5.41, 5.74) is 3.47. The van der Waals surface area contributed by atoms with Crippen LogP contribution < -0.4 is 37.9 Å². The highest BCUT2D eigenvalue weighted by Gasteiger charge is 2.28. The number of hydrogen-bond acceptors (Lipinski definition) is 16. The van der Waals surface area contributed by atoms with Gasteiger partial charge in [0.05, 0.1) is 33.0 Å². The fourth-order valence-electron chi connectivity index (χ4n) is 7.16. The summed E-state index contributed by atoms with van der Waals surface area (Å²) in [5.74, 6) is 9.04. The fraction of sp³-hybridized carbons (Fsp3) is 0.461. The molecule has 8 unspecified atom stereocenters.